The molecule has 2 aromatic carbocycles. The Balaban J connectivity index is 1.33. The van der Waals surface area contributed by atoms with Crippen LogP contribution in [0.2, 0.25) is 0 Å². The number of halogens is 2. The zero-order valence-corrected chi connectivity index (χ0v) is 19.4. The predicted octanol–water partition coefficient (Wildman–Crippen LogP) is 5.20. The van der Waals surface area contributed by atoms with E-state index in [1.165, 1.54) is 36.7 Å². The molecule has 0 fully saturated rings. The molecule has 0 atom stereocenters. The van der Waals surface area contributed by atoms with Gasteiger partial charge in [-0.05, 0) is 61.0 Å². The number of nitrogens with one attached hydrogen (secondary N) is 1. The lowest BCUT2D eigenvalue weighted by atomic mass is 10.1. The minimum absolute atomic E-state index is 0.0252. The lowest BCUT2D eigenvalue weighted by Crippen LogP contribution is -2.14. The highest BCUT2D eigenvalue weighted by Crippen LogP contribution is 2.30. The Morgan fingerprint density at radius 1 is 1.03 bits per heavy atom. The Hall–Kier alpha value is -4.70. The Kier molecular flexibility index (Phi) is 6.82. The van der Waals surface area contributed by atoms with Crippen molar-refractivity contribution in [2.75, 3.05) is 11.9 Å². The van der Waals surface area contributed by atoms with Gasteiger partial charge in [0.1, 0.15) is 23.4 Å². The van der Waals surface area contributed by atoms with Crippen molar-refractivity contribution < 1.29 is 23.4 Å². The normalized spacial score (nSPS) is 11.0. The van der Waals surface area contributed by atoms with Crippen LogP contribution < -0.4 is 10.1 Å². The first kappa shape index (κ1) is 24.0. The summed E-state index contributed by atoms with van der Waals surface area (Å²) in [6.45, 7) is 0.547. The van der Waals surface area contributed by atoms with Crippen molar-refractivity contribution in [1.29, 1.82) is 0 Å². The average Bonchev–Trinajstić information content (AvgIpc) is 3.33. The number of aliphatic hydroxyl groups is 1. The maximum atomic E-state index is 14.9. The van der Waals surface area contributed by atoms with Crippen molar-refractivity contribution in [3.8, 4) is 22.9 Å². The number of benzene rings is 2. The van der Waals surface area contributed by atoms with Crippen LogP contribution in [0.15, 0.2) is 79.3 Å². The van der Waals surface area contributed by atoms with E-state index in [1.54, 1.807) is 36.5 Å². The maximum absolute atomic E-state index is 14.9. The van der Waals surface area contributed by atoms with Crippen LogP contribution in [0, 0.1) is 11.6 Å². The standard InChI is InChI=1S/C27H21F2N5O3/c28-18-7-5-17(6-8-18)21-3-1-4-23(33-21)26(36)32-19-9-10-24(20(29)15-19)37-27-25-22(30-16-31-27)11-13-34(25)12-2-14-35/h1,3-11,13,15-16,35H,2,12,14H2,(H,32,36). The summed E-state index contributed by atoms with van der Waals surface area (Å²) in [6, 6.07) is 16.5. The van der Waals surface area contributed by atoms with Gasteiger partial charge in [0.15, 0.2) is 11.6 Å². The van der Waals surface area contributed by atoms with Crippen molar-refractivity contribution in [3.63, 3.8) is 0 Å². The van der Waals surface area contributed by atoms with Crippen molar-refractivity contribution in [2.24, 2.45) is 0 Å². The highest BCUT2D eigenvalue weighted by molar-refractivity contribution is 6.03. The number of aliphatic hydroxyl groups excluding tert-OH is 1. The molecule has 2 N–H and O–H groups in total. The third-order valence-corrected chi connectivity index (χ3v) is 5.59. The second-order valence-corrected chi connectivity index (χ2v) is 8.12. The molecule has 0 spiro atoms. The molecule has 0 saturated heterocycles. The number of carbonyl (C=O) groups is 1. The van der Waals surface area contributed by atoms with E-state index < -0.39 is 11.7 Å². The molecule has 3 heterocycles. The summed E-state index contributed by atoms with van der Waals surface area (Å²) in [4.78, 5) is 25.4. The van der Waals surface area contributed by atoms with Crippen LogP contribution in [-0.4, -0.2) is 37.1 Å². The predicted molar refractivity (Wildman–Crippen MR) is 133 cm³/mol. The Morgan fingerprint density at radius 2 is 1.86 bits per heavy atom. The molecule has 0 saturated carbocycles. The van der Waals surface area contributed by atoms with Crippen LogP contribution in [0.4, 0.5) is 14.5 Å². The molecule has 0 aliphatic heterocycles. The van der Waals surface area contributed by atoms with Gasteiger partial charge >= 0.3 is 0 Å². The van der Waals surface area contributed by atoms with Gasteiger partial charge in [0.25, 0.3) is 5.91 Å². The molecule has 0 aliphatic carbocycles. The third kappa shape index (κ3) is 5.29. The second-order valence-electron chi connectivity index (χ2n) is 8.12. The number of aromatic nitrogens is 4. The summed E-state index contributed by atoms with van der Waals surface area (Å²) in [6.07, 6.45) is 3.66. The molecular weight excluding hydrogens is 480 g/mol. The summed E-state index contributed by atoms with van der Waals surface area (Å²) >= 11 is 0. The fourth-order valence-corrected chi connectivity index (χ4v) is 3.81. The maximum Gasteiger partial charge on any atom is 0.274 e. The van der Waals surface area contributed by atoms with E-state index in [0.717, 1.165) is 6.07 Å². The zero-order valence-electron chi connectivity index (χ0n) is 19.4. The van der Waals surface area contributed by atoms with Crippen LogP contribution >= 0.6 is 0 Å². The van der Waals surface area contributed by atoms with Gasteiger partial charge in [0, 0.05) is 36.7 Å². The van der Waals surface area contributed by atoms with Gasteiger partial charge in [0.05, 0.1) is 11.2 Å². The number of aryl methyl sites for hydroxylation is 1. The lowest BCUT2D eigenvalue weighted by Gasteiger charge is -2.11. The smallest absolute Gasteiger partial charge is 0.274 e. The molecule has 0 aliphatic rings. The van der Waals surface area contributed by atoms with Crippen LogP contribution in [-0.2, 0) is 6.54 Å². The molecule has 10 heteroatoms. The van der Waals surface area contributed by atoms with Gasteiger partial charge in [-0.2, -0.15) is 4.98 Å². The SMILES string of the molecule is O=C(Nc1ccc(Oc2ncnc3ccn(CCCO)c23)c(F)c1)c1cccc(-c2ccc(F)cc2)n1. The van der Waals surface area contributed by atoms with Crippen molar-refractivity contribution >= 4 is 22.6 Å². The number of hydrogen-bond donors (Lipinski definition) is 2. The van der Waals surface area contributed by atoms with E-state index in [4.69, 9.17) is 9.84 Å². The number of rotatable bonds is 8. The van der Waals surface area contributed by atoms with E-state index in [9.17, 15) is 13.6 Å². The molecular formula is C27H21F2N5O3. The van der Waals surface area contributed by atoms with Gasteiger partial charge in [-0.3, -0.25) is 4.79 Å². The van der Waals surface area contributed by atoms with Crippen LogP contribution in [0.1, 0.15) is 16.9 Å². The van der Waals surface area contributed by atoms with Crippen LogP contribution in [0.5, 0.6) is 11.6 Å². The van der Waals surface area contributed by atoms with E-state index >= 15 is 0 Å². The number of nitrogens with zero attached hydrogens (tertiary/aromatic N) is 4. The van der Waals surface area contributed by atoms with Crippen LogP contribution in [0.3, 0.4) is 0 Å². The molecule has 0 unspecified atom stereocenters. The molecule has 8 nitrogen and oxygen atoms in total. The van der Waals surface area contributed by atoms with Crippen LogP contribution in [0.25, 0.3) is 22.3 Å². The van der Waals surface area contributed by atoms with E-state index in [0.29, 0.717) is 35.3 Å². The summed E-state index contributed by atoms with van der Waals surface area (Å²) < 4.78 is 35.7. The largest absolute Gasteiger partial charge is 0.434 e. The topological polar surface area (TPSA) is 102 Å². The Labute approximate surface area is 210 Å². The monoisotopic (exact) mass is 501 g/mol. The Morgan fingerprint density at radius 3 is 2.65 bits per heavy atom. The fourth-order valence-electron chi connectivity index (χ4n) is 3.81. The van der Waals surface area contributed by atoms with Gasteiger partial charge < -0.3 is 19.7 Å². The first-order valence-electron chi connectivity index (χ1n) is 11.4. The molecule has 186 valence electrons. The summed E-state index contributed by atoms with van der Waals surface area (Å²) in [7, 11) is 0. The highest BCUT2D eigenvalue weighted by Gasteiger charge is 2.15. The highest BCUT2D eigenvalue weighted by atomic mass is 19.1. The quantitative estimate of drug-likeness (QED) is 0.303. The summed E-state index contributed by atoms with van der Waals surface area (Å²) in [5, 5.41) is 11.8. The molecule has 5 aromatic rings. The Bertz CT molecular complexity index is 1570. The zero-order chi connectivity index (χ0) is 25.8. The van der Waals surface area contributed by atoms with Crippen molar-refractivity contribution in [3.05, 3.63) is 96.6 Å². The number of amides is 1. The van der Waals surface area contributed by atoms with E-state index in [-0.39, 0.29) is 35.4 Å². The number of hydrogen-bond acceptors (Lipinski definition) is 6. The molecule has 37 heavy (non-hydrogen) atoms. The second kappa shape index (κ2) is 10.5. The van der Waals surface area contributed by atoms with E-state index in [2.05, 4.69) is 20.3 Å². The summed E-state index contributed by atoms with van der Waals surface area (Å²) in [5.41, 5.74) is 2.70. The van der Waals surface area contributed by atoms with Gasteiger partial charge in [-0.25, -0.2) is 18.7 Å². The number of carbonyl (C=O) groups excluding carboxylic acids is 1. The summed E-state index contributed by atoms with van der Waals surface area (Å²) in [5.74, 6) is -1.51. The number of pyridine rings is 1. The number of fused-ring (bicyclic) bond motifs is 1. The molecule has 0 radical (unpaired) electrons. The van der Waals surface area contributed by atoms with Gasteiger partial charge in [-0.1, -0.05) is 6.07 Å². The van der Waals surface area contributed by atoms with Gasteiger partial charge in [0.2, 0.25) is 5.88 Å². The molecule has 1 amide bonds. The first-order chi connectivity index (χ1) is 18.0. The third-order valence-electron chi connectivity index (χ3n) is 5.59. The minimum Gasteiger partial charge on any atom is -0.434 e. The van der Waals surface area contributed by atoms with Crippen molar-refractivity contribution in [2.45, 2.75) is 13.0 Å². The average molecular weight is 501 g/mol. The van der Waals surface area contributed by atoms with Gasteiger partial charge in [-0.15, -0.1) is 0 Å². The van der Waals surface area contributed by atoms with Crippen molar-refractivity contribution in [1.82, 2.24) is 19.5 Å². The molecule has 3 aromatic heterocycles. The number of ether oxygens (including phenoxy) is 1. The lowest BCUT2D eigenvalue weighted by molar-refractivity contribution is 0.102. The number of anilines is 1. The van der Waals surface area contributed by atoms with E-state index in [1.807, 2.05) is 4.57 Å². The minimum atomic E-state index is -0.703. The fraction of sp³-hybridized carbons (Fsp3) is 0.111. The first-order valence-corrected chi connectivity index (χ1v) is 11.4. The molecule has 0 bridgehead atoms. The molecule has 5 rings (SSSR count).